The van der Waals surface area contributed by atoms with Gasteiger partial charge >= 0.3 is 22.3 Å². The maximum atomic E-state index is 12.5. The maximum Gasteiger partial charge on any atom is 0.471 e. The highest BCUT2D eigenvalue weighted by Gasteiger charge is 2.39. The van der Waals surface area contributed by atoms with Crippen LogP contribution in [0.2, 0.25) is 5.02 Å². The van der Waals surface area contributed by atoms with E-state index >= 15 is 0 Å². The van der Waals surface area contributed by atoms with Crippen LogP contribution in [0.4, 0.5) is 22.7 Å². The first-order valence-corrected chi connectivity index (χ1v) is 5.90. The van der Waals surface area contributed by atoms with Crippen LogP contribution in [0.15, 0.2) is 23.1 Å². The Morgan fingerprint density at radius 2 is 1.83 bits per heavy atom. The molecule has 0 heterocycles. The molecule has 18 heavy (non-hydrogen) atoms. The minimum Gasteiger partial charge on any atom is -0.317 e. The van der Waals surface area contributed by atoms with Crippen molar-refractivity contribution in [2.24, 2.45) is 0 Å². The summed E-state index contributed by atoms with van der Waals surface area (Å²) in [4.78, 5) is 9.76. The highest BCUT2D eigenvalue weighted by atomic mass is 35.5. The zero-order valence-electron chi connectivity index (χ0n) is 8.25. The van der Waals surface area contributed by atoms with Crippen molar-refractivity contribution in [3.05, 3.63) is 23.2 Å². The van der Waals surface area contributed by atoms with E-state index in [9.17, 15) is 30.3 Å². The molecule has 1 aromatic rings. The Labute approximate surface area is 104 Å². The van der Waals surface area contributed by atoms with Gasteiger partial charge in [0.15, 0.2) is 0 Å². The van der Waals surface area contributed by atoms with Crippen LogP contribution < -0.4 is 5.32 Å². The molecular formula is C8H4ClF4NO3S. The Kier molecular flexibility index (Phi) is 3.86. The molecular weight excluding hydrogens is 302 g/mol. The molecule has 1 rings (SSSR count). The summed E-state index contributed by atoms with van der Waals surface area (Å²) in [6.45, 7) is 0. The molecule has 0 atom stereocenters. The molecule has 0 fully saturated rings. The SMILES string of the molecule is O=C(Nc1ccc(S(=O)(=O)F)cc1Cl)C(F)(F)F. The summed E-state index contributed by atoms with van der Waals surface area (Å²) < 4.78 is 69.3. The summed E-state index contributed by atoms with van der Waals surface area (Å²) in [7, 11) is -5.02. The van der Waals surface area contributed by atoms with Gasteiger partial charge in [-0.3, -0.25) is 4.79 Å². The lowest BCUT2D eigenvalue weighted by atomic mass is 10.3. The Balaban J connectivity index is 3.05. The largest absolute Gasteiger partial charge is 0.471 e. The summed E-state index contributed by atoms with van der Waals surface area (Å²) in [5.41, 5.74) is -0.480. The van der Waals surface area contributed by atoms with E-state index in [-0.39, 0.29) is 0 Å². The second-order valence-electron chi connectivity index (χ2n) is 3.03. The quantitative estimate of drug-likeness (QED) is 0.674. The van der Waals surface area contributed by atoms with Gasteiger partial charge < -0.3 is 5.32 Å². The van der Waals surface area contributed by atoms with Crippen LogP contribution in [0.3, 0.4) is 0 Å². The molecule has 100 valence electrons. The highest BCUT2D eigenvalue weighted by molar-refractivity contribution is 7.86. The van der Waals surface area contributed by atoms with Gasteiger partial charge in [0.1, 0.15) is 4.90 Å². The number of benzene rings is 1. The Hall–Kier alpha value is -1.35. The average molecular weight is 306 g/mol. The number of amides is 1. The first-order chi connectivity index (χ1) is 8.01. The van der Waals surface area contributed by atoms with Crippen LogP contribution in [0, 0.1) is 0 Å². The second-order valence-corrected chi connectivity index (χ2v) is 4.79. The average Bonchev–Trinajstić information content (AvgIpc) is 2.17. The topological polar surface area (TPSA) is 63.2 Å². The van der Waals surface area contributed by atoms with Crippen molar-refractivity contribution in [2.45, 2.75) is 11.1 Å². The van der Waals surface area contributed by atoms with Crippen molar-refractivity contribution in [3.63, 3.8) is 0 Å². The standard InChI is InChI=1S/C8H4ClF4NO3S/c9-5-3-4(18(13,16)17)1-2-6(5)14-7(15)8(10,11)12/h1-3H,(H,14,15). The van der Waals surface area contributed by atoms with E-state index < -0.39 is 37.9 Å². The molecule has 0 spiro atoms. The van der Waals surface area contributed by atoms with Gasteiger partial charge in [0.05, 0.1) is 10.7 Å². The minimum absolute atomic E-state index is 0.480. The molecule has 0 aliphatic heterocycles. The van der Waals surface area contributed by atoms with Crippen molar-refractivity contribution in [1.29, 1.82) is 0 Å². The smallest absolute Gasteiger partial charge is 0.317 e. The third kappa shape index (κ3) is 3.57. The summed E-state index contributed by atoms with van der Waals surface area (Å²) in [6, 6.07) is 2.01. The van der Waals surface area contributed by atoms with Gasteiger partial charge in [-0.15, -0.1) is 3.89 Å². The van der Waals surface area contributed by atoms with Crippen LogP contribution in [-0.4, -0.2) is 20.5 Å². The lowest BCUT2D eigenvalue weighted by molar-refractivity contribution is -0.167. The first kappa shape index (κ1) is 14.7. The fourth-order valence-electron chi connectivity index (χ4n) is 0.942. The molecule has 4 nitrogen and oxygen atoms in total. The fourth-order valence-corrected chi connectivity index (χ4v) is 1.72. The van der Waals surface area contributed by atoms with E-state index in [0.29, 0.717) is 12.1 Å². The lowest BCUT2D eigenvalue weighted by Crippen LogP contribution is -2.30. The van der Waals surface area contributed by atoms with Gasteiger partial charge in [-0.05, 0) is 18.2 Å². The van der Waals surface area contributed by atoms with Crippen LogP contribution in [0.1, 0.15) is 0 Å². The predicted octanol–water partition coefficient (Wildman–Crippen LogP) is 2.50. The number of alkyl halides is 3. The molecule has 0 saturated carbocycles. The summed E-state index contributed by atoms with van der Waals surface area (Å²) in [6.07, 6.45) is -5.12. The van der Waals surface area contributed by atoms with Gasteiger partial charge in [0.25, 0.3) is 0 Å². The molecule has 0 radical (unpaired) electrons. The van der Waals surface area contributed by atoms with E-state index in [2.05, 4.69) is 0 Å². The summed E-state index contributed by atoms with van der Waals surface area (Å²) in [5.74, 6) is -2.28. The molecule has 1 N–H and O–H groups in total. The molecule has 0 bridgehead atoms. The van der Waals surface area contributed by atoms with Crippen molar-refractivity contribution in [2.75, 3.05) is 5.32 Å². The van der Waals surface area contributed by atoms with Crippen molar-refractivity contribution in [3.8, 4) is 0 Å². The maximum absolute atomic E-state index is 12.5. The lowest BCUT2D eigenvalue weighted by Gasteiger charge is -2.09. The number of hydrogen-bond donors (Lipinski definition) is 1. The van der Waals surface area contributed by atoms with Crippen molar-refractivity contribution >= 4 is 33.4 Å². The van der Waals surface area contributed by atoms with Crippen LogP contribution >= 0.6 is 11.6 Å². The normalized spacial score (nSPS) is 12.3. The summed E-state index contributed by atoms with van der Waals surface area (Å²) >= 11 is 5.42. The number of carbonyl (C=O) groups is 1. The molecule has 0 aliphatic rings. The number of nitrogens with one attached hydrogen (secondary N) is 1. The van der Waals surface area contributed by atoms with E-state index in [1.54, 1.807) is 0 Å². The molecule has 1 amide bonds. The Morgan fingerprint density at radius 1 is 1.28 bits per heavy atom. The third-order valence-corrected chi connectivity index (χ3v) is 2.86. The van der Waals surface area contributed by atoms with Crippen LogP contribution in [0.25, 0.3) is 0 Å². The number of rotatable bonds is 2. The van der Waals surface area contributed by atoms with E-state index in [1.165, 1.54) is 5.32 Å². The number of anilines is 1. The predicted molar refractivity (Wildman–Crippen MR) is 54.4 cm³/mol. The highest BCUT2D eigenvalue weighted by Crippen LogP contribution is 2.27. The van der Waals surface area contributed by atoms with Gasteiger partial charge in [-0.25, -0.2) is 0 Å². The molecule has 0 aromatic heterocycles. The van der Waals surface area contributed by atoms with Crippen molar-refractivity contribution in [1.82, 2.24) is 0 Å². The van der Waals surface area contributed by atoms with Gasteiger partial charge in [0, 0.05) is 0 Å². The third-order valence-electron chi connectivity index (χ3n) is 1.73. The first-order valence-electron chi connectivity index (χ1n) is 4.14. The fraction of sp³-hybridized carbons (Fsp3) is 0.125. The number of carbonyl (C=O) groups excluding carboxylic acids is 1. The van der Waals surface area contributed by atoms with Gasteiger partial charge in [-0.2, -0.15) is 21.6 Å². The Bertz CT molecular complexity index is 584. The zero-order chi connectivity index (χ0) is 14.1. The minimum atomic E-state index is -5.12. The summed E-state index contributed by atoms with van der Waals surface area (Å²) in [5, 5.41) is 0.880. The zero-order valence-corrected chi connectivity index (χ0v) is 9.83. The van der Waals surface area contributed by atoms with E-state index in [0.717, 1.165) is 6.07 Å². The van der Waals surface area contributed by atoms with Crippen molar-refractivity contribution < 1.29 is 30.3 Å². The molecule has 0 aliphatic carbocycles. The van der Waals surface area contributed by atoms with E-state index in [1.807, 2.05) is 0 Å². The monoisotopic (exact) mass is 305 g/mol. The molecule has 0 unspecified atom stereocenters. The number of halogens is 5. The molecule has 10 heteroatoms. The molecule has 0 saturated heterocycles. The molecule has 1 aromatic carbocycles. The van der Waals surface area contributed by atoms with E-state index in [4.69, 9.17) is 11.6 Å². The van der Waals surface area contributed by atoms with Crippen LogP contribution in [-0.2, 0) is 15.0 Å². The number of hydrogen-bond acceptors (Lipinski definition) is 3. The van der Waals surface area contributed by atoms with Crippen LogP contribution in [0.5, 0.6) is 0 Å². The van der Waals surface area contributed by atoms with Gasteiger partial charge in [-0.1, -0.05) is 11.6 Å². The van der Waals surface area contributed by atoms with Gasteiger partial charge in [0.2, 0.25) is 0 Å². The Morgan fingerprint density at radius 3 is 2.22 bits per heavy atom. The second kappa shape index (κ2) is 4.73.